The van der Waals surface area contributed by atoms with Gasteiger partial charge in [-0.15, -0.1) is 0 Å². The van der Waals surface area contributed by atoms with Gasteiger partial charge in [0.1, 0.15) is 11.5 Å². The van der Waals surface area contributed by atoms with E-state index in [4.69, 9.17) is 0 Å². The number of carboxylic acids is 1. The van der Waals surface area contributed by atoms with Crippen LogP contribution in [0.3, 0.4) is 0 Å². The highest BCUT2D eigenvalue weighted by Gasteiger charge is 2.14. The van der Waals surface area contributed by atoms with Crippen molar-refractivity contribution in [3.63, 3.8) is 0 Å². The summed E-state index contributed by atoms with van der Waals surface area (Å²) in [4.78, 5) is 27.6. The van der Waals surface area contributed by atoms with E-state index in [1.807, 2.05) is 0 Å². The first-order chi connectivity index (χ1) is 11.4. The predicted molar refractivity (Wildman–Crippen MR) is 88.6 cm³/mol. The number of pyridine rings is 1. The normalized spacial score (nSPS) is 10.8. The zero-order valence-corrected chi connectivity index (χ0v) is 13.7. The number of aromatic carboxylic acids is 1. The van der Waals surface area contributed by atoms with Gasteiger partial charge in [0.2, 0.25) is 5.91 Å². The number of halogens is 2. The molecule has 6 nitrogen and oxygen atoms in total. The monoisotopic (exact) mass is 391 g/mol. The van der Waals surface area contributed by atoms with Crippen LogP contribution in [0.2, 0.25) is 0 Å². The van der Waals surface area contributed by atoms with E-state index in [1.54, 1.807) is 12.3 Å². The minimum Gasteiger partial charge on any atom is -0.478 e. The van der Waals surface area contributed by atoms with Crippen molar-refractivity contribution in [3.05, 3.63) is 64.3 Å². The molecule has 1 amide bonds. The smallest absolute Gasteiger partial charge is 0.337 e. The number of carboxylic acid groups (broad SMARTS) is 1. The molecule has 3 aromatic rings. The molecule has 0 bridgehead atoms. The van der Waals surface area contributed by atoms with Crippen molar-refractivity contribution in [1.29, 1.82) is 0 Å². The highest BCUT2D eigenvalue weighted by Crippen LogP contribution is 2.21. The summed E-state index contributed by atoms with van der Waals surface area (Å²) in [6.07, 6.45) is 2.76. The van der Waals surface area contributed by atoms with Gasteiger partial charge in [0.15, 0.2) is 0 Å². The molecule has 0 saturated carbocycles. The van der Waals surface area contributed by atoms with Crippen molar-refractivity contribution < 1.29 is 19.1 Å². The van der Waals surface area contributed by atoms with Gasteiger partial charge in [0.25, 0.3) is 0 Å². The van der Waals surface area contributed by atoms with Crippen LogP contribution in [0, 0.1) is 5.82 Å². The Morgan fingerprint density at radius 2 is 2.04 bits per heavy atom. The molecule has 0 atom stereocenters. The summed E-state index contributed by atoms with van der Waals surface area (Å²) in [6, 6.07) is 7.34. The zero-order valence-electron chi connectivity index (χ0n) is 12.2. The van der Waals surface area contributed by atoms with Crippen LogP contribution in [0.25, 0.3) is 5.65 Å². The third-order valence-electron chi connectivity index (χ3n) is 3.29. The van der Waals surface area contributed by atoms with Gasteiger partial charge < -0.3 is 14.8 Å². The van der Waals surface area contributed by atoms with E-state index in [0.717, 1.165) is 0 Å². The molecule has 2 aromatic heterocycles. The number of fused-ring (bicyclic) bond motifs is 1. The second-order valence-electron chi connectivity index (χ2n) is 5.07. The summed E-state index contributed by atoms with van der Waals surface area (Å²) in [5.41, 5.74) is 1.15. The van der Waals surface area contributed by atoms with E-state index >= 15 is 0 Å². The molecule has 0 fully saturated rings. The topological polar surface area (TPSA) is 83.7 Å². The Morgan fingerprint density at radius 3 is 2.79 bits per heavy atom. The molecule has 0 unspecified atom stereocenters. The molecular formula is C16H11BrFN3O3. The standard InChI is InChI=1S/C16H11BrFN3O3/c17-9-1-3-13(12(5-9)16(23)24)20-15(22)6-11-8-21-7-10(18)2-4-14(21)19-11/h1-5,7-8H,6H2,(H,20,22)(H,23,24). The Labute approximate surface area is 144 Å². The summed E-state index contributed by atoms with van der Waals surface area (Å²) in [5.74, 6) is -1.96. The average Bonchev–Trinajstić information content (AvgIpc) is 2.89. The summed E-state index contributed by atoms with van der Waals surface area (Å²) in [5, 5.41) is 11.8. The number of nitrogens with zero attached hydrogens (tertiary/aromatic N) is 2. The third-order valence-corrected chi connectivity index (χ3v) is 3.79. The summed E-state index contributed by atoms with van der Waals surface area (Å²) >= 11 is 3.19. The van der Waals surface area contributed by atoms with Crippen molar-refractivity contribution in [2.45, 2.75) is 6.42 Å². The number of amides is 1. The van der Waals surface area contributed by atoms with Crippen LogP contribution < -0.4 is 5.32 Å². The number of hydrogen-bond donors (Lipinski definition) is 2. The lowest BCUT2D eigenvalue weighted by molar-refractivity contribution is -0.115. The van der Waals surface area contributed by atoms with Crippen LogP contribution in [-0.4, -0.2) is 26.4 Å². The van der Waals surface area contributed by atoms with Crippen LogP contribution in [-0.2, 0) is 11.2 Å². The number of carbonyl (C=O) groups is 2. The molecule has 2 heterocycles. The highest BCUT2D eigenvalue weighted by molar-refractivity contribution is 9.10. The van der Waals surface area contributed by atoms with Crippen LogP contribution in [0.1, 0.15) is 16.1 Å². The second kappa shape index (κ2) is 6.40. The quantitative estimate of drug-likeness (QED) is 0.715. The highest BCUT2D eigenvalue weighted by atomic mass is 79.9. The van der Waals surface area contributed by atoms with Crippen LogP contribution in [0.15, 0.2) is 47.2 Å². The largest absolute Gasteiger partial charge is 0.478 e. The maximum absolute atomic E-state index is 13.2. The lowest BCUT2D eigenvalue weighted by Gasteiger charge is -2.08. The van der Waals surface area contributed by atoms with Gasteiger partial charge in [0, 0.05) is 16.9 Å². The molecule has 8 heteroatoms. The molecule has 0 spiro atoms. The lowest BCUT2D eigenvalue weighted by atomic mass is 10.1. The average molecular weight is 392 g/mol. The molecule has 0 radical (unpaired) electrons. The molecule has 0 aliphatic heterocycles. The van der Waals surface area contributed by atoms with Gasteiger partial charge >= 0.3 is 5.97 Å². The van der Waals surface area contributed by atoms with Gasteiger partial charge in [-0.3, -0.25) is 4.79 Å². The van der Waals surface area contributed by atoms with E-state index in [2.05, 4.69) is 26.2 Å². The Kier molecular flexibility index (Phi) is 4.30. The van der Waals surface area contributed by atoms with Crippen molar-refractivity contribution in [2.24, 2.45) is 0 Å². The molecule has 1 aromatic carbocycles. The molecule has 122 valence electrons. The van der Waals surface area contributed by atoms with E-state index in [1.165, 1.54) is 34.9 Å². The van der Waals surface area contributed by atoms with Crippen LogP contribution in [0.4, 0.5) is 10.1 Å². The number of carbonyl (C=O) groups excluding carboxylic acids is 1. The van der Waals surface area contributed by atoms with E-state index < -0.39 is 17.7 Å². The third kappa shape index (κ3) is 3.43. The SMILES string of the molecule is O=C(Cc1cn2cc(F)ccc2n1)Nc1ccc(Br)cc1C(=O)O. The Balaban J connectivity index is 1.79. The molecule has 0 saturated heterocycles. The van der Waals surface area contributed by atoms with Gasteiger partial charge in [-0.2, -0.15) is 0 Å². The first kappa shape index (κ1) is 16.1. The fourth-order valence-electron chi connectivity index (χ4n) is 2.26. The number of hydrogen-bond acceptors (Lipinski definition) is 3. The molecule has 0 aliphatic rings. The number of aromatic nitrogens is 2. The fraction of sp³-hybridized carbons (Fsp3) is 0.0625. The first-order valence-electron chi connectivity index (χ1n) is 6.88. The second-order valence-corrected chi connectivity index (χ2v) is 5.98. The minimum atomic E-state index is -1.14. The molecular weight excluding hydrogens is 381 g/mol. The van der Waals surface area contributed by atoms with E-state index in [9.17, 15) is 19.1 Å². The Bertz CT molecular complexity index is 955. The number of benzene rings is 1. The summed E-state index contributed by atoms with van der Waals surface area (Å²) < 4.78 is 15.2. The van der Waals surface area contributed by atoms with Gasteiger partial charge in [-0.05, 0) is 30.3 Å². The van der Waals surface area contributed by atoms with E-state index in [-0.39, 0.29) is 17.7 Å². The first-order valence-corrected chi connectivity index (χ1v) is 7.67. The molecule has 24 heavy (non-hydrogen) atoms. The lowest BCUT2D eigenvalue weighted by Crippen LogP contribution is -2.17. The number of imidazole rings is 1. The Morgan fingerprint density at radius 1 is 1.25 bits per heavy atom. The van der Waals surface area contributed by atoms with Gasteiger partial charge in [-0.25, -0.2) is 14.2 Å². The minimum absolute atomic E-state index is 0.0187. The molecule has 0 aliphatic carbocycles. The van der Waals surface area contributed by atoms with Crippen molar-refractivity contribution in [3.8, 4) is 0 Å². The van der Waals surface area contributed by atoms with Crippen molar-refractivity contribution in [2.75, 3.05) is 5.32 Å². The summed E-state index contributed by atoms with van der Waals surface area (Å²) in [7, 11) is 0. The van der Waals surface area contributed by atoms with Crippen molar-refractivity contribution in [1.82, 2.24) is 9.38 Å². The van der Waals surface area contributed by atoms with Crippen molar-refractivity contribution >= 4 is 39.1 Å². The summed E-state index contributed by atoms with van der Waals surface area (Å²) in [6.45, 7) is 0. The molecule has 3 rings (SSSR count). The number of nitrogens with one attached hydrogen (secondary N) is 1. The maximum atomic E-state index is 13.2. The fourth-order valence-corrected chi connectivity index (χ4v) is 2.62. The van der Waals surface area contributed by atoms with Gasteiger partial charge in [0.05, 0.1) is 23.4 Å². The Hall–Kier alpha value is -2.74. The molecule has 2 N–H and O–H groups in total. The number of rotatable bonds is 4. The van der Waals surface area contributed by atoms with E-state index in [0.29, 0.717) is 15.8 Å². The predicted octanol–water partition coefficient (Wildman–Crippen LogP) is 3.12. The maximum Gasteiger partial charge on any atom is 0.337 e. The van der Waals surface area contributed by atoms with Crippen LogP contribution >= 0.6 is 15.9 Å². The zero-order chi connectivity index (χ0) is 17.3. The number of anilines is 1. The van der Waals surface area contributed by atoms with Crippen LogP contribution in [0.5, 0.6) is 0 Å². The van der Waals surface area contributed by atoms with Gasteiger partial charge in [-0.1, -0.05) is 15.9 Å².